The third-order valence-electron chi connectivity index (χ3n) is 3.90. The Morgan fingerprint density at radius 3 is 2.24 bits per heavy atom. The maximum Gasteiger partial charge on any atom is 0.197 e. The predicted octanol–water partition coefficient (Wildman–Crippen LogP) is 2.10. The van der Waals surface area contributed by atoms with E-state index in [1.807, 2.05) is 12.1 Å². The number of aromatic hydroxyl groups is 1. The lowest BCUT2D eigenvalue weighted by atomic mass is 10.1. The second-order valence-electron chi connectivity index (χ2n) is 5.04. The first-order chi connectivity index (χ1) is 8.15. The molecule has 17 heavy (non-hydrogen) atoms. The maximum atomic E-state index is 10.9. The molecule has 1 aromatic rings. The van der Waals surface area contributed by atoms with Gasteiger partial charge >= 0.3 is 0 Å². The summed E-state index contributed by atoms with van der Waals surface area (Å²) in [7, 11) is -2.23. The molecular weight excluding hydrogens is 230 g/mol. The highest BCUT2D eigenvalue weighted by Crippen LogP contribution is 2.37. The number of phenols is 1. The molecule has 1 atom stereocenters. The van der Waals surface area contributed by atoms with Crippen LogP contribution in [0.3, 0.4) is 0 Å². The van der Waals surface area contributed by atoms with Gasteiger partial charge in [-0.15, -0.1) is 0 Å². The molecule has 1 aliphatic rings. The van der Waals surface area contributed by atoms with Gasteiger partial charge in [0.15, 0.2) is 8.32 Å². The van der Waals surface area contributed by atoms with Crippen LogP contribution in [0, 0.1) is 0 Å². The number of rotatable bonds is 3. The Morgan fingerprint density at radius 2 is 1.71 bits per heavy atom. The fraction of sp³-hybridized carbons (Fsp3) is 0.538. The summed E-state index contributed by atoms with van der Waals surface area (Å²) in [5, 5.41) is 9.30. The molecular formula is C13H21NO2Si. The van der Waals surface area contributed by atoms with E-state index < -0.39 is 8.32 Å². The van der Waals surface area contributed by atoms with Crippen LogP contribution in [-0.4, -0.2) is 24.8 Å². The molecule has 1 fully saturated rings. The number of benzene rings is 1. The molecule has 4 N–H and O–H groups in total. The number of nitrogens with two attached hydrogens (primary N) is 1. The van der Waals surface area contributed by atoms with E-state index in [-0.39, 0.29) is 11.3 Å². The maximum absolute atomic E-state index is 10.9. The zero-order valence-corrected chi connectivity index (χ0v) is 11.1. The average Bonchev–Trinajstić information content (AvgIpc) is 2.33. The van der Waals surface area contributed by atoms with E-state index in [1.54, 1.807) is 12.1 Å². The molecule has 0 aromatic heterocycles. The minimum absolute atomic E-state index is 0.114. The van der Waals surface area contributed by atoms with Crippen molar-refractivity contribution in [2.75, 3.05) is 6.54 Å². The number of hydrogen-bond acceptors (Lipinski definition) is 3. The van der Waals surface area contributed by atoms with E-state index in [9.17, 15) is 9.90 Å². The second-order valence-corrected chi connectivity index (χ2v) is 8.95. The Bertz CT molecular complexity index is 360. The fourth-order valence-corrected chi connectivity index (χ4v) is 6.81. The number of hydrogen-bond donors (Lipinski definition) is 3. The molecule has 0 amide bonds. The van der Waals surface area contributed by atoms with Crippen LogP contribution in [0.2, 0.25) is 12.1 Å². The van der Waals surface area contributed by atoms with Gasteiger partial charge in [-0.25, -0.2) is 0 Å². The Hall–Kier alpha value is -0.843. The van der Waals surface area contributed by atoms with Crippen molar-refractivity contribution in [3.8, 4) is 5.75 Å². The first-order valence-electron chi connectivity index (χ1n) is 6.37. The van der Waals surface area contributed by atoms with Crippen LogP contribution in [0.15, 0.2) is 24.3 Å². The van der Waals surface area contributed by atoms with E-state index in [2.05, 4.69) is 0 Å². The molecule has 4 heteroatoms. The van der Waals surface area contributed by atoms with Crippen LogP contribution in [-0.2, 0) is 0 Å². The average molecular weight is 251 g/mol. The van der Waals surface area contributed by atoms with Gasteiger partial charge < -0.3 is 15.6 Å². The SMILES string of the molecule is NC[C@H](c1ccc(O)cc1)[Si]1(O)CCCCC1. The lowest BCUT2D eigenvalue weighted by Crippen LogP contribution is -2.46. The molecule has 94 valence electrons. The lowest BCUT2D eigenvalue weighted by molar-refractivity contribution is 0.468. The molecule has 2 rings (SSSR count). The molecule has 0 bridgehead atoms. The summed E-state index contributed by atoms with van der Waals surface area (Å²) in [6, 6.07) is 9.08. The van der Waals surface area contributed by atoms with Crippen molar-refractivity contribution in [2.45, 2.75) is 36.9 Å². The van der Waals surface area contributed by atoms with Gasteiger partial charge in [-0.1, -0.05) is 31.4 Å². The summed E-state index contributed by atoms with van der Waals surface area (Å²) in [5.74, 6) is 0.266. The lowest BCUT2D eigenvalue weighted by Gasteiger charge is -2.36. The van der Waals surface area contributed by atoms with Gasteiger partial charge in [0.05, 0.1) is 0 Å². The van der Waals surface area contributed by atoms with Crippen molar-refractivity contribution < 1.29 is 9.90 Å². The Balaban J connectivity index is 2.22. The summed E-state index contributed by atoms with van der Waals surface area (Å²) in [6.07, 6.45) is 3.51. The molecule has 1 aliphatic heterocycles. The highest BCUT2D eigenvalue weighted by molar-refractivity contribution is 6.74. The van der Waals surface area contributed by atoms with Crippen molar-refractivity contribution >= 4 is 8.32 Å². The van der Waals surface area contributed by atoms with Crippen molar-refractivity contribution in [2.24, 2.45) is 5.73 Å². The Labute approximate surface area is 103 Å². The topological polar surface area (TPSA) is 66.5 Å². The van der Waals surface area contributed by atoms with E-state index >= 15 is 0 Å². The minimum Gasteiger partial charge on any atom is -0.508 e. The van der Waals surface area contributed by atoms with Crippen LogP contribution in [0.1, 0.15) is 30.4 Å². The molecule has 1 heterocycles. The van der Waals surface area contributed by atoms with Gasteiger partial charge in [0.25, 0.3) is 0 Å². The third kappa shape index (κ3) is 2.70. The molecule has 3 nitrogen and oxygen atoms in total. The van der Waals surface area contributed by atoms with Crippen molar-refractivity contribution in [3.05, 3.63) is 29.8 Å². The first kappa shape index (κ1) is 12.6. The summed E-state index contributed by atoms with van der Waals surface area (Å²) < 4.78 is 0. The summed E-state index contributed by atoms with van der Waals surface area (Å²) in [6.45, 7) is 0.507. The minimum atomic E-state index is -2.23. The predicted molar refractivity (Wildman–Crippen MR) is 71.3 cm³/mol. The van der Waals surface area contributed by atoms with E-state index in [0.29, 0.717) is 6.54 Å². The number of phenolic OH excluding ortho intramolecular Hbond substituents is 1. The highest BCUT2D eigenvalue weighted by Gasteiger charge is 2.41. The molecule has 0 saturated carbocycles. The second kappa shape index (κ2) is 5.21. The largest absolute Gasteiger partial charge is 0.508 e. The van der Waals surface area contributed by atoms with Crippen molar-refractivity contribution in [1.82, 2.24) is 0 Å². The van der Waals surface area contributed by atoms with Crippen molar-refractivity contribution in [3.63, 3.8) is 0 Å². The van der Waals surface area contributed by atoms with Crippen LogP contribution in [0.25, 0.3) is 0 Å². The van der Waals surface area contributed by atoms with E-state index in [0.717, 1.165) is 30.5 Å². The third-order valence-corrected chi connectivity index (χ3v) is 8.20. The molecule has 1 saturated heterocycles. The molecule has 0 unspecified atom stereocenters. The Morgan fingerprint density at radius 1 is 1.12 bits per heavy atom. The van der Waals surface area contributed by atoms with Crippen LogP contribution >= 0.6 is 0 Å². The van der Waals surface area contributed by atoms with Gasteiger partial charge in [0, 0.05) is 5.54 Å². The summed E-state index contributed by atoms with van der Waals surface area (Å²) in [5.41, 5.74) is 7.07. The zero-order valence-electron chi connectivity index (χ0n) is 10.1. The van der Waals surface area contributed by atoms with Gasteiger partial charge in [-0.05, 0) is 36.3 Å². The Kier molecular flexibility index (Phi) is 3.86. The van der Waals surface area contributed by atoms with Crippen LogP contribution < -0.4 is 5.73 Å². The quantitative estimate of drug-likeness (QED) is 0.721. The first-order valence-corrected chi connectivity index (χ1v) is 8.81. The molecule has 0 aliphatic carbocycles. The monoisotopic (exact) mass is 251 g/mol. The molecule has 1 aromatic carbocycles. The van der Waals surface area contributed by atoms with Gasteiger partial charge in [0.1, 0.15) is 5.75 Å². The van der Waals surface area contributed by atoms with Crippen LogP contribution in [0.5, 0.6) is 5.75 Å². The fourth-order valence-electron chi connectivity index (χ4n) is 2.88. The molecule has 0 radical (unpaired) electrons. The summed E-state index contributed by atoms with van der Waals surface area (Å²) in [4.78, 5) is 10.9. The van der Waals surface area contributed by atoms with E-state index in [4.69, 9.17) is 5.73 Å². The van der Waals surface area contributed by atoms with E-state index in [1.165, 1.54) is 6.42 Å². The molecule has 0 spiro atoms. The smallest absolute Gasteiger partial charge is 0.197 e. The van der Waals surface area contributed by atoms with Crippen LogP contribution in [0.4, 0.5) is 0 Å². The standard InChI is InChI=1S/C13H21NO2Si/c14-10-13(11-4-6-12(15)7-5-11)17(16)8-2-1-3-9-17/h4-7,13,15-16H,1-3,8-10,14H2/t13-/m1/s1. The van der Waals surface area contributed by atoms with Gasteiger partial charge in [0.2, 0.25) is 0 Å². The normalized spacial score (nSPS) is 21.1. The highest BCUT2D eigenvalue weighted by atomic mass is 28.4. The zero-order chi connectivity index (χ0) is 12.3. The van der Waals surface area contributed by atoms with Gasteiger partial charge in [-0.3, -0.25) is 0 Å². The van der Waals surface area contributed by atoms with Crippen molar-refractivity contribution in [1.29, 1.82) is 0 Å². The van der Waals surface area contributed by atoms with Gasteiger partial charge in [-0.2, -0.15) is 0 Å². The summed E-state index contributed by atoms with van der Waals surface area (Å²) >= 11 is 0.